The number of carbonyl (C=O) groups excluding carboxylic acids is 1. The molecule has 4 heteroatoms. The molecular formula is C25H36BrO2P. The van der Waals surface area contributed by atoms with Gasteiger partial charge in [-0.1, -0.05) is 45.4 Å². The number of halogens is 1. The summed E-state index contributed by atoms with van der Waals surface area (Å²) in [5, 5.41) is 1.40. The van der Waals surface area contributed by atoms with Crippen molar-refractivity contribution in [3.8, 4) is 0 Å². The summed E-state index contributed by atoms with van der Waals surface area (Å²) in [6.07, 6.45) is 10.5. The third-order valence-electron chi connectivity index (χ3n) is 7.59. The molecule has 4 rings (SSSR count). The van der Waals surface area contributed by atoms with Crippen molar-refractivity contribution < 1.29 is 26.5 Å². The molecule has 3 aliphatic rings. The predicted molar refractivity (Wildman–Crippen MR) is 119 cm³/mol. The number of benzene rings is 1. The van der Waals surface area contributed by atoms with Crippen molar-refractivity contribution in [1.82, 2.24) is 0 Å². The van der Waals surface area contributed by atoms with Crippen LogP contribution >= 0.6 is 7.26 Å². The lowest BCUT2D eigenvalue weighted by Gasteiger charge is -2.37. The molecule has 0 saturated heterocycles. The number of hydrogen-bond acceptors (Lipinski definition) is 2. The van der Waals surface area contributed by atoms with Gasteiger partial charge >= 0.3 is 5.97 Å². The van der Waals surface area contributed by atoms with E-state index in [1.165, 1.54) is 37.4 Å². The van der Waals surface area contributed by atoms with Crippen LogP contribution in [0.15, 0.2) is 42.2 Å². The average Bonchev–Trinajstić information content (AvgIpc) is 3.26. The average molecular weight is 479 g/mol. The zero-order valence-corrected chi connectivity index (χ0v) is 20.6. The Kier molecular flexibility index (Phi) is 7.66. The molecule has 0 spiro atoms. The van der Waals surface area contributed by atoms with E-state index in [0.717, 1.165) is 6.42 Å². The van der Waals surface area contributed by atoms with Crippen LogP contribution in [0, 0.1) is 23.7 Å². The number of rotatable bonds is 5. The van der Waals surface area contributed by atoms with E-state index in [1.54, 1.807) is 0 Å². The largest absolute Gasteiger partial charge is 1.00 e. The fourth-order valence-corrected chi connectivity index (χ4v) is 10.7. The second-order valence-electron chi connectivity index (χ2n) is 9.78. The molecule has 1 unspecified atom stereocenters. The number of allylic oxidation sites excluding steroid dienone is 1. The molecule has 1 aromatic carbocycles. The zero-order chi connectivity index (χ0) is 19.7. The molecule has 0 amide bonds. The Labute approximate surface area is 188 Å². The fourth-order valence-electron chi connectivity index (χ4n) is 6.05. The quantitative estimate of drug-likeness (QED) is 0.480. The van der Waals surface area contributed by atoms with E-state index in [2.05, 4.69) is 63.0 Å². The molecule has 0 radical (unpaired) electrons. The molecule has 2 saturated carbocycles. The molecule has 0 N–H and O–H groups in total. The summed E-state index contributed by atoms with van der Waals surface area (Å²) in [5.41, 5.74) is 0.661. The van der Waals surface area contributed by atoms with Gasteiger partial charge in [0.1, 0.15) is 6.10 Å². The van der Waals surface area contributed by atoms with Crippen molar-refractivity contribution in [3.63, 3.8) is 0 Å². The third kappa shape index (κ3) is 4.67. The highest BCUT2D eigenvalue weighted by Gasteiger charge is 2.56. The molecule has 0 bridgehead atoms. The molecule has 29 heavy (non-hydrogen) atoms. The van der Waals surface area contributed by atoms with E-state index >= 15 is 0 Å². The summed E-state index contributed by atoms with van der Waals surface area (Å²) >= 11 is 0. The van der Waals surface area contributed by atoms with Crippen molar-refractivity contribution in [2.45, 2.75) is 71.1 Å². The molecule has 1 aliphatic heterocycles. The minimum Gasteiger partial charge on any atom is -1.00 e. The van der Waals surface area contributed by atoms with Crippen LogP contribution in [-0.2, 0) is 9.53 Å². The Balaban J connectivity index is 0.00000240. The normalized spacial score (nSPS) is 35.9. The second-order valence-corrected chi connectivity index (χ2v) is 13.4. The van der Waals surface area contributed by atoms with Gasteiger partial charge in [-0.2, -0.15) is 0 Å². The van der Waals surface area contributed by atoms with Gasteiger partial charge in [0.05, 0.1) is 24.0 Å². The number of hydrogen-bond donors (Lipinski definition) is 0. The minimum atomic E-state index is -1.64. The van der Waals surface area contributed by atoms with Crippen molar-refractivity contribution in [2.75, 3.05) is 6.16 Å². The highest BCUT2D eigenvalue weighted by atomic mass is 79.9. The second kappa shape index (κ2) is 9.65. The molecule has 0 aromatic heterocycles. The Bertz CT molecular complexity index is 719. The van der Waals surface area contributed by atoms with E-state index < -0.39 is 7.26 Å². The summed E-state index contributed by atoms with van der Waals surface area (Å²) in [7, 11) is -1.64. The standard InChI is InChI=1S/C25H36O2P.BrH/c1-18(2)22-13-12-19(3)16-23(22)27-25(26)17-28(21-9-5-4-6-10-21)15-14-20-8-7-11-24(20)28;/h4-6,9-10,14-15,18-20,22-24H,7-8,11-13,16-17H2,1-3H3;1H/q+1;/p-1/t19-,20+,22+,23-,24+,28?;/m0./s1. The highest BCUT2D eigenvalue weighted by Crippen LogP contribution is 2.72. The maximum Gasteiger partial charge on any atom is 0.344 e. The van der Waals surface area contributed by atoms with Gasteiger partial charge in [-0.15, -0.1) is 0 Å². The van der Waals surface area contributed by atoms with Crippen molar-refractivity contribution in [3.05, 3.63) is 42.2 Å². The first-order valence-electron chi connectivity index (χ1n) is 11.3. The summed E-state index contributed by atoms with van der Waals surface area (Å²) in [6.45, 7) is 6.87. The van der Waals surface area contributed by atoms with Crippen LogP contribution in [0.1, 0.15) is 59.3 Å². The van der Waals surface area contributed by atoms with Gasteiger partial charge in [-0.3, -0.25) is 0 Å². The fraction of sp³-hybridized carbons (Fsp3) is 0.640. The van der Waals surface area contributed by atoms with E-state index in [0.29, 0.717) is 35.5 Å². The molecular weight excluding hydrogens is 443 g/mol. The van der Waals surface area contributed by atoms with Gasteiger partial charge in [0.15, 0.2) is 6.16 Å². The lowest BCUT2D eigenvalue weighted by atomic mass is 9.75. The van der Waals surface area contributed by atoms with Crippen LogP contribution in [0.25, 0.3) is 0 Å². The maximum absolute atomic E-state index is 13.3. The smallest absolute Gasteiger partial charge is 0.344 e. The molecule has 160 valence electrons. The van der Waals surface area contributed by atoms with Gasteiger partial charge in [-0.25, -0.2) is 4.79 Å². The first-order chi connectivity index (χ1) is 13.5. The van der Waals surface area contributed by atoms with Crippen LogP contribution in [0.3, 0.4) is 0 Å². The van der Waals surface area contributed by atoms with Gasteiger partial charge in [0.2, 0.25) is 0 Å². The van der Waals surface area contributed by atoms with Crippen molar-refractivity contribution >= 4 is 18.5 Å². The lowest BCUT2D eigenvalue weighted by molar-refractivity contribution is -0.152. The predicted octanol–water partition coefficient (Wildman–Crippen LogP) is 3.03. The maximum atomic E-state index is 13.3. The Morgan fingerprint density at radius 2 is 1.90 bits per heavy atom. The Morgan fingerprint density at radius 3 is 2.62 bits per heavy atom. The topological polar surface area (TPSA) is 26.3 Å². The molecule has 2 fully saturated rings. The Hall–Kier alpha value is -0.660. The SMILES string of the molecule is CC(C)[C@H]1CC[C@H](C)C[C@@H]1OC(=O)C[P+]1(c2ccccc2)C=C[C@H]2CCC[C@H]21.[Br-]. The first-order valence-corrected chi connectivity index (χ1v) is 13.4. The van der Waals surface area contributed by atoms with Crippen LogP contribution in [0.2, 0.25) is 0 Å². The van der Waals surface area contributed by atoms with Crippen LogP contribution in [0.4, 0.5) is 0 Å². The van der Waals surface area contributed by atoms with E-state index in [9.17, 15) is 4.79 Å². The van der Waals surface area contributed by atoms with Crippen LogP contribution in [-0.4, -0.2) is 23.9 Å². The number of fused-ring (bicyclic) bond motifs is 1. The molecule has 6 atom stereocenters. The molecule has 1 aromatic rings. The molecule has 1 heterocycles. The molecule has 2 nitrogen and oxygen atoms in total. The zero-order valence-electron chi connectivity index (χ0n) is 18.1. The van der Waals surface area contributed by atoms with Crippen LogP contribution in [0.5, 0.6) is 0 Å². The van der Waals surface area contributed by atoms with Gasteiger partial charge < -0.3 is 21.7 Å². The lowest BCUT2D eigenvalue weighted by Crippen LogP contribution is -3.00. The van der Waals surface area contributed by atoms with Gasteiger partial charge in [0.25, 0.3) is 0 Å². The van der Waals surface area contributed by atoms with Gasteiger partial charge in [0, 0.05) is 5.92 Å². The van der Waals surface area contributed by atoms with Crippen molar-refractivity contribution in [1.29, 1.82) is 0 Å². The van der Waals surface area contributed by atoms with E-state index in [4.69, 9.17) is 4.74 Å². The number of ether oxygens (including phenoxy) is 1. The molecule has 2 aliphatic carbocycles. The first kappa shape index (κ1) is 23.0. The number of esters is 1. The van der Waals surface area contributed by atoms with Gasteiger partial charge in [-0.05, 0) is 68.1 Å². The minimum absolute atomic E-state index is 0. The van der Waals surface area contributed by atoms with E-state index in [-0.39, 0.29) is 29.1 Å². The van der Waals surface area contributed by atoms with Crippen molar-refractivity contribution in [2.24, 2.45) is 23.7 Å². The summed E-state index contributed by atoms with van der Waals surface area (Å²) < 4.78 is 6.25. The van der Waals surface area contributed by atoms with Crippen LogP contribution < -0.4 is 22.3 Å². The highest BCUT2D eigenvalue weighted by molar-refractivity contribution is 7.87. The summed E-state index contributed by atoms with van der Waals surface area (Å²) in [4.78, 5) is 13.3. The van der Waals surface area contributed by atoms with E-state index in [1.807, 2.05) is 0 Å². The number of carbonyl (C=O) groups is 1. The monoisotopic (exact) mass is 478 g/mol. The third-order valence-corrected chi connectivity index (χ3v) is 12.2. The summed E-state index contributed by atoms with van der Waals surface area (Å²) in [6, 6.07) is 10.9. The Morgan fingerprint density at radius 1 is 1.14 bits per heavy atom. The summed E-state index contributed by atoms with van der Waals surface area (Å²) in [5.74, 6) is 4.95.